The van der Waals surface area contributed by atoms with Gasteiger partial charge in [0.1, 0.15) is 0 Å². The molecule has 12 heavy (non-hydrogen) atoms. The van der Waals surface area contributed by atoms with Crippen molar-refractivity contribution in [3.8, 4) is 6.07 Å². The Kier molecular flexibility index (Phi) is 4.36. The molecule has 0 aromatic carbocycles. The highest BCUT2D eigenvalue weighted by Gasteiger charge is 2.18. The Hall–Kier alpha value is -1.03. The van der Waals surface area contributed by atoms with Gasteiger partial charge in [-0.05, 0) is 26.7 Å². The van der Waals surface area contributed by atoms with Gasteiger partial charge in [-0.25, -0.2) is 0 Å². The highest BCUT2D eigenvalue weighted by atomic mass is 14.3. The summed E-state index contributed by atoms with van der Waals surface area (Å²) in [5.41, 5.74) is 0.905. The van der Waals surface area contributed by atoms with Crippen LogP contribution in [-0.2, 0) is 0 Å². The van der Waals surface area contributed by atoms with Crippen molar-refractivity contribution in [2.45, 2.75) is 33.6 Å². The lowest BCUT2D eigenvalue weighted by Crippen LogP contribution is -2.09. The highest BCUT2D eigenvalue weighted by Crippen LogP contribution is 2.24. The van der Waals surface area contributed by atoms with E-state index in [2.05, 4.69) is 26.5 Å². The third-order valence-corrected chi connectivity index (χ3v) is 1.95. The second-order valence-electron chi connectivity index (χ2n) is 3.37. The molecule has 1 atom stereocenters. The molecule has 0 bridgehead atoms. The minimum absolute atomic E-state index is 0.359. The SMILES string of the molecule is C=CCC(C)(C#N)C=C(C)CC. The Morgan fingerprint density at radius 3 is 2.58 bits per heavy atom. The third kappa shape index (κ3) is 3.39. The fraction of sp³-hybridized carbons (Fsp3) is 0.545. The van der Waals surface area contributed by atoms with Gasteiger partial charge in [-0.3, -0.25) is 0 Å². The quantitative estimate of drug-likeness (QED) is 0.582. The van der Waals surface area contributed by atoms with Crippen molar-refractivity contribution in [1.82, 2.24) is 0 Å². The number of nitriles is 1. The predicted molar refractivity (Wildman–Crippen MR) is 52.6 cm³/mol. The Morgan fingerprint density at radius 1 is 1.67 bits per heavy atom. The first-order valence-electron chi connectivity index (χ1n) is 4.28. The van der Waals surface area contributed by atoms with Crippen molar-refractivity contribution in [1.29, 1.82) is 5.26 Å². The van der Waals surface area contributed by atoms with Gasteiger partial charge in [0.15, 0.2) is 0 Å². The normalized spacial score (nSPS) is 16.3. The molecule has 0 N–H and O–H groups in total. The van der Waals surface area contributed by atoms with Crippen LogP contribution in [0.25, 0.3) is 0 Å². The molecule has 0 aliphatic rings. The van der Waals surface area contributed by atoms with Gasteiger partial charge in [0.2, 0.25) is 0 Å². The van der Waals surface area contributed by atoms with Gasteiger partial charge in [0, 0.05) is 0 Å². The summed E-state index contributed by atoms with van der Waals surface area (Å²) >= 11 is 0. The molecule has 0 aliphatic carbocycles. The smallest absolute Gasteiger partial charge is 0.0762 e. The lowest BCUT2D eigenvalue weighted by atomic mass is 9.86. The monoisotopic (exact) mass is 163 g/mol. The molecule has 0 rings (SSSR count). The molecule has 1 heteroatoms. The molecule has 0 fully saturated rings. The van der Waals surface area contributed by atoms with Crippen molar-refractivity contribution in [3.63, 3.8) is 0 Å². The predicted octanol–water partition coefficient (Wildman–Crippen LogP) is 3.45. The van der Waals surface area contributed by atoms with Crippen LogP contribution in [0.4, 0.5) is 0 Å². The molecule has 1 nitrogen and oxygen atoms in total. The van der Waals surface area contributed by atoms with Crippen LogP contribution in [0.1, 0.15) is 33.6 Å². The van der Waals surface area contributed by atoms with E-state index in [0.29, 0.717) is 0 Å². The van der Waals surface area contributed by atoms with Crippen molar-refractivity contribution < 1.29 is 0 Å². The standard InChI is InChI=1S/C11H17N/c1-5-7-11(4,9-12)8-10(3)6-2/h5,8H,1,6-7H2,2-4H3. The number of hydrogen-bond acceptors (Lipinski definition) is 1. The van der Waals surface area contributed by atoms with Gasteiger partial charge < -0.3 is 0 Å². The van der Waals surface area contributed by atoms with Crippen molar-refractivity contribution in [3.05, 3.63) is 24.3 Å². The van der Waals surface area contributed by atoms with Crippen molar-refractivity contribution in [2.24, 2.45) is 5.41 Å². The van der Waals surface area contributed by atoms with Crippen LogP contribution >= 0.6 is 0 Å². The Morgan fingerprint density at radius 2 is 2.25 bits per heavy atom. The highest BCUT2D eigenvalue weighted by molar-refractivity contribution is 5.16. The number of nitrogens with zero attached hydrogens (tertiary/aromatic N) is 1. The van der Waals surface area contributed by atoms with Gasteiger partial charge in [0.25, 0.3) is 0 Å². The van der Waals surface area contributed by atoms with Gasteiger partial charge in [-0.15, -0.1) is 6.58 Å². The largest absolute Gasteiger partial charge is 0.197 e. The van der Waals surface area contributed by atoms with E-state index >= 15 is 0 Å². The number of allylic oxidation sites excluding steroid dienone is 3. The fourth-order valence-electron chi connectivity index (χ4n) is 1.08. The molecule has 0 aromatic heterocycles. The molecule has 0 saturated heterocycles. The van der Waals surface area contributed by atoms with Crippen LogP contribution in [0.5, 0.6) is 0 Å². The lowest BCUT2D eigenvalue weighted by molar-refractivity contribution is 0.572. The molecule has 0 aliphatic heterocycles. The van der Waals surface area contributed by atoms with Crippen LogP contribution < -0.4 is 0 Å². The Balaban J connectivity index is 4.55. The zero-order chi connectivity index (χ0) is 9.61. The average molecular weight is 163 g/mol. The van der Waals surface area contributed by atoms with E-state index in [1.807, 2.05) is 13.0 Å². The maximum atomic E-state index is 8.92. The van der Waals surface area contributed by atoms with E-state index in [4.69, 9.17) is 5.26 Å². The first-order valence-corrected chi connectivity index (χ1v) is 4.28. The fourth-order valence-corrected chi connectivity index (χ4v) is 1.08. The molecule has 0 aromatic rings. The molecule has 1 unspecified atom stereocenters. The van der Waals surface area contributed by atoms with Gasteiger partial charge in [0.05, 0.1) is 11.5 Å². The molecule has 0 heterocycles. The second kappa shape index (κ2) is 4.77. The third-order valence-electron chi connectivity index (χ3n) is 1.95. The first kappa shape index (κ1) is 11.0. The topological polar surface area (TPSA) is 23.8 Å². The van der Waals surface area contributed by atoms with E-state index in [0.717, 1.165) is 12.8 Å². The summed E-state index contributed by atoms with van der Waals surface area (Å²) in [5, 5.41) is 8.92. The van der Waals surface area contributed by atoms with Crippen LogP contribution in [-0.4, -0.2) is 0 Å². The minimum atomic E-state index is -0.359. The van der Waals surface area contributed by atoms with E-state index in [1.165, 1.54) is 5.57 Å². The molecule has 66 valence electrons. The summed E-state index contributed by atoms with van der Waals surface area (Å²) in [6, 6.07) is 2.30. The summed E-state index contributed by atoms with van der Waals surface area (Å²) < 4.78 is 0. The molecule has 0 spiro atoms. The summed E-state index contributed by atoms with van der Waals surface area (Å²) in [7, 11) is 0. The van der Waals surface area contributed by atoms with Gasteiger partial charge in [-0.2, -0.15) is 5.26 Å². The Labute approximate surface area is 75.4 Å². The van der Waals surface area contributed by atoms with Crippen LogP contribution in [0.2, 0.25) is 0 Å². The van der Waals surface area contributed by atoms with Crippen LogP contribution in [0, 0.1) is 16.7 Å². The Bertz CT molecular complexity index is 220. The van der Waals surface area contributed by atoms with E-state index in [1.54, 1.807) is 6.08 Å². The van der Waals surface area contributed by atoms with E-state index < -0.39 is 0 Å². The first-order chi connectivity index (χ1) is 5.58. The van der Waals surface area contributed by atoms with E-state index in [-0.39, 0.29) is 5.41 Å². The summed E-state index contributed by atoms with van der Waals surface area (Å²) in [6.45, 7) is 9.73. The molecular formula is C11H17N. The summed E-state index contributed by atoms with van der Waals surface area (Å²) in [5.74, 6) is 0. The number of rotatable bonds is 4. The molecule has 0 radical (unpaired) electrons. The van der Waals surface area contributed by atoms with E-state index in [9.17, 15) is 0 Å². The lowest BCUT2D eigenvalue weighted by Gasteiger charge is -2.15. The summed E-state index contributed by atoms with van der Waals surface area (Å²) in [6.07, 6.45) is 5.56. The maximum absolute atomic E-state index is 8.92. The maximum Gasteiger partial charge on any atom is 0.0762 e. The number of hydrogen-bond donors (Lipinski definition) is 0. The zero-order valence-electron chi connectivity index (χ0n) is 8.22. The van der Waals surface area contributed by atoms with Crippen LogP contribution in [0.15, 0.2) is 24.3 Å². The van der Waals surface area contributed by atoms with Crippen molar-refractivity contribution >= 4 is 0 Å². The molecule has 0 saturated carbocycles. The molecular weight excluding hydrogens is 146 g/mol. The van der Waals surface area contributed by atoms with Gasteiger partial charge >= 0.3 is 0 Å². The second-order valence-corrected chi connectivity index (χ2v) is 3.37. The molecule has 0 amide bonds. The van der Waals surface area contributed by atoms with Crippen LogP contribution in [0.3, 0.4) is 0 Å². The average Bonchev–Trinajstić information content (AvgIpc) is 2.05. The summed E-state index contributed by atoms with van der Waals surface area (Å²) in [4.78, 5) is 0. The zero-order valence-corrected chi connectivity index (χ0v) is 8.22. The van der Waals surface area contributed by atoms with Gasteiger partial charge in [-0.1, -0.05) is 24.6 Å². The minimum Gasteiger partial charge on any atom is -0.197 e. The van der Waals surface area contributed by atoms with Crippen molar-refractivity contribution in [2.75, 3.05) is 0 Å².